The van der Waals surface area contributed by atoms with E-state index in [0.717, 1.165) is 56.3 Å². The van der Waals surface area contributed by atoms with Crippen molar-refractivity contribution in [3.05, 3.63) is 48.0 Å². The van der Waals surface area contributed by atoms with Gasteiger partial charge in [-0.15, -0.1) is 22.0 Å². The van der Waals surface area contributed by atoms with Gasteiger partial charge in [-0.2, -0.15) is 0 Å². The molecule has 8 heteroatoms. The highest BCUT2D eigenvalue weighted by atomic mass is 32.2. The number of hydrogen-bond acceptors (Lipinski definition) is 6. The van der Waals surface area contributed by atoms with Gasteiger partial charge in [0, 0.05) is 51.8 Å². The first-order valence-corrected chi connectivity index (χ1v) is 11.4. The standard InChI is InChI=1S/C22H29N5O2S/c1-18(28)23-20-9-10-21(25-24-20)30-17-5-8-22(29)27-15-13-26(14-16-27)12-11-19-6-3-2-4-7-19/h2-4,6-7,9-10H,5,8,11-17H2,1H3,(H,23,24,28). The number of carbonyl (C=O) groups is 2. The zero-order valence-electron chi connectivity index (χ0n) is 17.4. The molecule has 1 aliphatic heterocycles. The zero-order valence-corrected chi connectivity index (χ0v) is 18.2. The number of carbonyl (C=O) groups excluding carboxylic acids is 2. The summed E-state index contributed by atoms with van der Waals surface area (Å²) in [7, 11) is 0. The van der Waals surface area contributed by atoms with Crippen molar-refractivity contribution in [3.8, 4) is 0 Å². The van der Waals surface area contributed by atoms with Gasteiger partial charge in [0.15, 0.2) is 5.82 Å². The number of anilines is 1. The van der Waals surface area contributed by atoms with Crippen molar-refractivity contribution in [3.63, 3.8) is 0 Å². The minimum absolute atomic E-state index is 0.166. The van der Waals surface area contributed by atoms with E-state index in [2.05, 4.69) is 44.7 Å². The molecular formula is C22H29N5O2S. The highest BCUT2D eigenvalue weighted by molar-refractivity contribution is 7.99. The van der Waals surface area contributed by atoms with Crippen LogP contribution in [0.15, 0.2) is 47.5 Å². The summed E-state index contributed by atoms with van der Waals surface area (Å²) in [6.45, 7) is 6.01. The van der Waals surface area contributed by atoms with Crippen molar-refractivity contribution in [2.24, 2.45) is 0 Å². The van der Waals surface area contributed by atoms with E-state index in [4.69, 9.17) is 0 Å². The Morgan fingerprint density at radius 2 is 1.80 bits per heavy atom. The Kier molecular flexibility index (Phi) is 8.65. The smallest absolute Gasteiger partial charge is 0.222 e. The summed E-state index contributed by atoms with van der Waals surface area (Å²) in [5.41, 5.74) is 1.36. The number of aromatic nitrogens is 2. The van der Waals surface area contributed by atoms with Gasteiger partial charge in [-0.1, -0.05) is 30.3 Å². The second-order valence-corrected chi connectivity index (χ2v) is 8.46. The predicted molar refractivity (Wildman–Crippen MR) is 119 cm³/mol. The maximum Gasteiger partial charge on any atom is 0.222 e. The molecule has 0 aliphatic carbocycles. The maximum absolute atomic E-state index is 12.5. The van der Waals surface area contributed by atoms with E-state index in [-0.39, 0.29) is 11.8 Å². The van der Waals surface area contributed by atoms with Crippen LogP contribution in [0.2, 0.25) is 0 Å². The summed E-state index contributed by atoms with van der Waals surface area (Å²) in [5, 5.41) is 11.4. The number of nitrogens with zero attached hydrogens (tertiary/aromatic N) is 4. The largest absolute Gasteiger partial charge is 0.340 e. The van der Waals surface area contributed by atoms with E-state index in [1.165, 1.54) is 12.5 Å². The van der Waals surface area contributed by atoms with Crippen LogP contribution in [0.4, 0.5) is 5.82 Å². The Morgan fingerprint density at radius 1 is 1.03 bits per heavy atom. The predicted octanol–water partition coefficient (Wildman–Crippen LogP) is 2.69. The van der Waals surface area contributed by atoms with Crippen molar-refractivity contribution < 1.29 is 9.59 Å². The lowest BCUT2D eigenvalue weighted by atomic mass is 10.1. The third-order valence-corrected chi connectivity index (χ3v) is 6.02. The van der Waals surface area contributed by atoms with E-state index in [1.807, 2.05) is 17.0 Å². The molecule has 0 atom stereocenters. The summed E-state index contributed by atoms with van der Waals surface area (Å²) in [6, 6.07) is 14.1. The second kappa shape index (κ2) is 11.7. The fraction of sp³-hybridized carbons (Fsp3) is 0.455. The number of nitrogens with one attached hydrogen (secondary N) is 1. The molecule has 0 bridgehead atoms. The Morgan fingerprint density at radius 3 is 2.47 bits per heavy atom. The van der Waals surface area contributed by atoms with Gasteiger partial charge in [0.05, 0.1) is 0 Å². The monoisotopic (exact) mass is 427 g/mol. The molecule has 7 nitrogen and oxygen atoms in total. The molecule has 1 aliphatic rings. The fourth-order valence-electron chi connectivity index (χ4n) is 3.36. The highest BCUT2D eigenvalue weighted by Gasteiger charge is 2.20. The average molecular weight is 428 g/mol. The molecule has 1 aromatic carbocycles. The number of thioether (sulfide) groups is 1. The second-order valence-electron chi connectivity index (χ2n) is 7.35. The molecule has 3 rings (SSSR count). The van der Waals surface area contributed by atoms with E-state index >= 15 is 0 Å². The summed E-state index contributed by atoms with van der Waals surface area (Å²) in [4.78, 5) is 27.9. The minimum Gasteiger partial charge on any atom is -0.340 e. The molecule has 0 unspecified atom stereocenters. The Hall–Kier alpha value is -2.45. The van der Waals surface area contributed by atoms with Gasteiger partial charge in [-0.25, -0.2) is 0 Å². The lowest BCUT2D eigenvalue weighted by Gasteiger charge is -2.34. The SMILES string of the molecule is CC(=O)Nc1ccc(SCCCC(=O)N2CCN(CCc3ccccc3)CC2)nn1. The first-order chi connectivity index (χ1) is 14.6. The molecule has 0 radical (unpaired) electrons. The van der Waals surface area contributed by atoms with Crippen LogP contribution < -0.4 is 5.32 Å². The number of rotatable bonds is 9. The van der Waals surface area contributed by atoms with E-state index in [0.29, 0.717) is 12.2 Å². The first-order valence-electron chi connectivity index (χ1n) is 10.4. The molecule has 2 heterocycles. The summed E-state index contributed by atoms with van der Waals surface area (Å²) in [6.07, 6.45) is 2.43. The van der Waals surface area contributed by atoms with Crippen molar-refractivity contribution in [2.45, 2.75) is 31.2 Å². The molecule has 0 spiro atoms. The molecular weight excluding hydrogens is 398 g/mol. The molecule has 30 heavy (non-hydrogen) atoms. The Labute approximate surface area is 182 Å². The lowest BCUT2D eigenvalue weighted by molar-refractivity contribution is -0.133. The zero-order chi connectivity index (χ0) is 21.2. The molecule has 0 saturated carbocycles. The topological polar surface area (TPSA) is 78.4 Å². The number of piperazine rings is 1. The van der Waals surface area contributed by atoms with Crippen molar-refractivity contribution in [1.29, 1.82) is 0 Å². The van der Waals surface area contributed by atoms with Crippen molar-refractivity contribution >= 4 is 29.4 Å². The van der Waals surface area contributed by atoms with Crippen molar-refractivity contribution in [2.75, 3.05) is 43.8 Å². The highest BCUT2D eigenvalue weighted by Crippen LogP contribution is 2.17. The van der Waals surface area contributed by atoms with Crippen LogP contribution >= 0.6 is 11.8 Å². The van der Waals surface area contributed by atoms with E-state index < -0.39 is 0 Å². The van der Waals surface area contributed by atoms with Gasteiger partial charge in [0.1, 0.15) is 5.03 Å². The molecule has 1 saturated heterocycles. The molecule has 1 aromatic heterocycles. The molecule has 160 valence electrons. The average Bonchev–Trinajstić information content (AvgIpc) is 2.77. The van der Waals surface area contributed by atoms with Gasteiger partial charge in [0.2, 0.25) is 11.8 Å². The summed E-state index contributed by atoms with van der Waals surface area (Å²) < 4.78 is 0. The summed E-state index contributed by atoms with van der Waals surface area (Å²) >= 11 is 1.58. The van der Waals surface area contributed by atoms with Gasteiger partial charge < -0.3 is 10.2 Å². The van der Waals surface area contributed by atoms with Crippen LogP contribution in [0, 0.1) is 0 Å². The maximum atomic E-state index is 12.5. The Balaban J connectivity index is 1.29. The van der Waals surface area contributed by atoms with Crippen LogP contribution in [-0.2, 0) is 16.0 Å². The van der Waals surface area contributed by atoms with Gasteiger partial charge in [-0.05, 0) is 30.5 Å². The van der Waals surface area contributed by atoms with Crippen LogP contribution in [0.3, 0.4) is 0 Å². The number of amides is 2. The third kappa shape index (κ3) is 7.42. The molecule has 2 aromatic rings. The molecule has 2 amide bonds. The number of hydrogen-bond donors (Lipinski definition) is 1. The van der Waals surface area contributed by atoms with Crippen LogP contribution in [0.1, 0.15) is 25.3 Å². The van der Waals surface area contributed by atoms with Crippen LogP contribution in [0.5, 0.6) is 0 Å². The molecule has 1 N–H and O–H groups in total. The van der Waals surface area contributed by atoms with E-state index in [9.17, 15) is 9.59 Å². The van der Waals surface area contributed by atoms with Crippen molar-refractivity contribution in [1.82, 2.24) is 20.0 Å². The van der Waals surface area contributed by atoms with Gasteiger partial charge in [0.25, 0.3) is 0 Å². The van der Waals surface area contributed by atoms with E-state index in [1.54, 1.807) is 17.8 Å². The first kappa shape index (κ1) is 22.2. The fourth-order valence-corrected chi connectivity index (χ4v) is 4.12. The summed E-state index contributed by atoms with van der Waals surface area (Å²) in [5.74, 6) is 1.34. The molecule has 1 fully saturated rings. The third-order valence-electron chi connectivity index (χ3n) is 5.01. The quantitative estimate of drug-likeness (QED) is 0.490. The van der Waals surface area contributed by atoms with Crippen LogP contribution in [-0.4, -0.2) is 70.3 Å². The van der Waals surface area contributed by atoms with Crippen LogP contribution in [0.25, 0.3) is 0 Å². The van der Waals surface area contributed by atoms with Gasteiger partial charge >= 0.3 is 0 Å². The normalized spacial score (nSPS) is 14.5. The Bertz CT molecular complexity index is 808. The lowest BCUT2D eigenvalue weighted by Crippen LogP contribution is -2.49. The number of benzene rings is 1. The van der Waals surface area contributed by atoms with Gasteiger partial charge in [-0.3, -0.25) is 14.5 Å². The minimum atomic E-state index is -0.166.